The summed E-state index contributed by atoms with van der Waals surface area (Å²) in [7, 11) is 0. The van der Waals surface area contributed by atoms with E-state index in [2.05, 4.69) is 20.8 Å². The number of aromatic carboxylic acids is 1. The molecule has 1 rings (SSSR count). The molecule has 0 heterocycles. The van der Waals surface area contributed by atoms with Crippen molar-refractivity contribution in [1.82, 2.24) is 0 Å². The van der Waals surface area contributed by atoms with Gasteiger partial charge in [-0.1, -0.05) is 46.8 Å². The number of hydrogen-bond acceptors (Lipinski definition) is 1. The van der Waals surface area contributed by atoms with Gasteiger partial charge in [-0.3, -0.25) is 0 Å². The molecule has 2 nitrogen and oxygen atoms in total. The highest BCUT2D eigenvalue weighted by molar-refractivity contribution is 5.90. The van der Waals surface area contributed by atoms with Crippen LogP contribution in [0.2, 0.25) is 0 Å². The second-order valence-electron chi connectivity index (χ2n) is 5.51. The molecule has 1 aromatic rings. The number of carbonyl (C=O) groups is 1. The Hall–Kier alpha value is -1.31. The minimum absolute atomic E-state index is 0.0142. The standard InChI is InChI=1S/C14H20O2/c1-9(2)11-7-6-10(14(3,4)5)8-12(11)13(15)16/h6-9H,1-5H3,(H,15,16). The van der Waals surface area contributed by atoms with E-state index < -0.39 is 5.97 Å². The van der Waals surface area contributed by atoms with Crippen LogP contribution < -0.4 is 0 Å². The Bertz CT molecular complexity index is 398. The molecule has 0 aromatic heterocycles. The second-order valence-corrected chi connectivity index (χ2v) is 5.51. The summed E-state index contributed by atoms with van der Waals surface area (Å²) in [6, 6.07) is 5.77. The third kappa shape index (κ3) is 2.63. The van der Waals surface area contributed by atoms with Crippen LogP contribution in [0.1, 0.15) is 62.0 Å². The van der Waals surface area contributed by atoms with Crippen molar-refractivity contribution >= 4 is 5.97 Å². The van der Waals surface area contributed by atoms with Crippen LogP contribution in [0, 0.1) is 0 Å². The van der Waals surface area contributed by atoms with Gasteiger partial charge in [-0.2, -0.15) is 0 Å². The van der Waals surface area contributed by atoms with Crippen molar-refractivity contribution in [2.75, 3.05) is 0 Å². The Labute approximate surface area is 97.3 Å². The summed E-state index contributed by atoms with van der Waals surface area (Å²) in [6.45, 7) is 10.3. The van der Waals surface area contributed by atoms with E-state index in [9.17, 15) is 9.90 Å². The fourth-order valence-electron chi connectivity index (χ4n) is 1.71. The lowest BCUT2D eigenvalue weighted by Crippen LogP contribution is -2.14. The maximum atomic E-state index is 11.2. The van der Waals surface area contributed by atoms with Gasteiger partial charge in [-0.25, -0.2) is 4.79 Å². The Morgan fingerprint density at radius 2 is 1.81 bits per heavy atom. The maximum Gasteiger partial charge on any atom is 0.335 e. The van der Waals surface area contributed by atoms with Crippen molar-refractivity contribution in [2.45, 2.75) is 46.0 Å². The van der Waals surface area contributed by atoms with E-state index in [1.54, 1.807) is 6.07 Å². The van der Waals surface area contributed by atoms with Crippen LogP contribution in [-0.2, 0) is 5.41 Å². The summed E-state index contributed by atoms with van der Waals surface area (Å²) in [4.78, 5) is 11.2. The number of benzene rings is 1. The molecule has 0 spiro atoms. The molecule has 0 saturated heterocycles. The van der Waals surface area contributed by atoms with E-state index in [1.165, 1.54) is 0 Å². The molecule has 16 heavy (non-hydrogen) atoms. The smallest absolute Gasteiger partial charge is 0.335 e. The first-order valence-electron chi connectivity index (χ1n) is 5.61. The molecule has 0 atom stereocenters. The first kappa shape index (κ1) is 12.8. The van der Waals surface area contributed by atoms with Crippen LogP contribution in [0.4, 0.5) is 0 Å². The van der Waals surface area contributed by atoms with Crippen LogP contribution in [-0.4, -0.2) is 11.1 Å². The predicted octanol–water partition coefficient (Wildman–Crippen LogP) is 3.81. The number of carboxylic acids is 1. The summed E-state index contributed by atoms with van der Waals surface area (Å²) in [6.07, 6.45) is 0. The molecule has 0 fully saturated rings. The molecule has 0 amide bonds. The average molecular weight is 220 g/mol. The number of carboxylic acid groups (broad SMARTS) is 1. The summed E-state index contributed by atoms with van der Waals surface area (Å²) in [5.41, 5.74) is 2.39. The fourth-order valence-corrected chi connectivity index (χ4v) is 1.71. The minimum Gasteiger partial charge on any atom is -0.478 e. The Morgan fingerprint density at radius 1 is 1.25 bits per heavy atom. The van der Waals surface area contributed by atoms with Gasteiger partial charge >= 0.3 is 5.97 Å². The van der Waals surface area contributed by atoms with Gasteiger partial charge in [0.2, 0.25) is 0 Å². The van der Waals surface area contributed by atoms with Gasteiger partial charge < -0.3 is 5.11 Å². The predicted molar refractivity (Wildman–Crippen MR) is 66.2 cm³/mol. The second kappa shape index (κ2) is 4.28. The highest BCUT2D eigenvalue weighted by atomic mass is 16.4. The molecule has 0 aliphatic rings. The van der Waals surface area contributed by atoms with Crippen molar-refractivity contribution in [2.24, 2.45) is 0 Å². The van der Waals surface area contributed by atoms with Gasteiger partial charge in [-0.15, -0.1) is 0 Å². The van der Waals surface area contributed by atoms with Crippen molar-refractivity contribution in [1.29, 1.82) is 0 Å². The molecule has 88 valence electrons. The first-order valence-corrected chi connectivity index (χ1v) is 5.61. The largest absolute Gasteiger partial charge is 0.478 e. The summed E-state index contributed by atoms with van der Waals surface area (Å²) < 4.78 is 0. The Morgan fingerprint density at radius 3 is 2.19 bits per heavy atom. The van der Waals surface area contributed by atoms with Gasteiger partial charge in [0.25, 0.3) is 0 Å². The summed E-state index contributed by atoms with van der Waals surface area (Å²) >= 11 is 0. The molecule has 0 aliphatic heterocycles. The van der Waals surface area contributed by atoms with Crippen LogP contribution in [0.3, 0.4) is 0 Å². The Kier molecular flexibility index (Phi) is 3.41. The molecule has 1 N–H and O–H groups in total. The van der Waals surface area contributed by atoms with Crippen LogP contribution in [0.15, 0.2) is 18.2 Å². The van der Waals surface area contributed by atoms with Crippen molar-refractivity contribution < 1.29 is 9.90 Å². The zero-order chi connectivity index (χ0) is 12.5. The third-order valence-electron chi connectivity index (χ3n) is 2.77. The van der Waals surface area contributed by atoms with Crippen LogP contribution in [0.5, 0.6) is 0 Å². The molecule has 2 heteroatoms. The molecule has 0 bridgehead atoms. The lowest BCUT2D eigenvalue weighted by atomic mass is 9.84. The highest BCUT2D eigenvalue weighted by Crippen LogP contribution is 2.27. The van der Waals surface area contributed by atoms with E-state index in [0.29, 0.717) is 5.56 Å². The fraction of sp³-hybridized carbons (Fsp3) is 0.500. The third-order valence-corrected chi connectivity index (χ3v) is 2.77. The molecule has 0 unspecified atom stereocenters. The number of hydrogen-bond donors (Lipinski definition) is 1. The molecular weight excluding hydrogens is 200 g/mol. The van der Waals surface area contributed by atoms with Gasteiger partial charge in [0.15, 0.2) is 0 Å². The normalized spacial score (nSPS) is 11.9. The Balaban J connectivity index is 3.34. The molecule has 0 saturated carbocycles. The minimum atomic E-state index is -0.838. The lowest BCUT2D eigenvalue weighted by Gasteiger charge is -2.21. The molecular formula is C14H20O2. The average Bonchev–Trinajstić information content (AvgIpc) is 2.15. The van der Waals surface area contributed by atoms with E-state index in [1.807, 2.05) is 26.0 Å². The highest BCUT2D eigenvalue weighted by Gasteiger charge is 2.19. The zero-order valence-electron chi connectivity index (χ0n) is 10.7. The molecule has 0 aliphatic carbocycles. The van der Waals surface area contributed by atoms with E-state index in [4.69, 9.17) is 0 Å². The maximum absolute atomic E-state index is 11.2. The quantitative estimate of drug-likeness (QED) is 0.823. The summed E-state index contributed by atoms with van der Waals surface area (Å²) in [5, 5.41) is 9.20. The van der Waals surface area contributed by atoms with E-state index in [0.717, 1.165) is 11.1 Å². The molecule has 1 aromatic carbocycles. The number of rotatable bonds is 2. The van der Waals surface area contributed by atoms with Crippen LogP contribution in [0.25, 0.3) is 0 Å². The van der Waals surface area contributed by atoms with Gasteiger partial charge in [0.05, 0.1) is 5.56 Å². The van der Waals surface area contributed by atoms with E-state index >= 15 is 0 Å². The zero-order valence-corrected chi connectivity index (χ0v) is 10.7. The van der Waals surface area contributed by atoms with Crippen molar-refractivity contribution in [3.05, 3.63) is 34.9 Å². The SMILES string of the molecule is CC(C)c1ccc(C(C)(C)C)cc1C(=O)O. The van der Waals surface area contributed by atoms with E-state index in [-0.39, 0.29) is 11.3 Å². The first-order chi connectivity index (χ1) is 7.23. The molecule has 0 radical (unpaired) electrons. The topological polar surface area (TPSA) is 37.3 Å². The van der Waals surface area contributed by atoms with Crippen molar-refractivity contribution in [3.8, 4) is 0 Å². The van der Waals surface area contributed by atoms with Crippen LogP contribution >= 0.6 is 0 Å². The monoisotopic (exact) mass is 220 g/mol. The lowest BCUT2D eigenvalue weighted by molar-refractivity contribution is 0.0695. The van der Waals surface area contributed by atoms with Gasteiger partial charge in [-0.05, 0) is 28.5 Å². The van der Waals surface area contributed by atoms with Gasteiger partial charge in [0.1, 0.15) is 0 Å². The van der Waals surface area contributed by atoms with Crippen molar-refractivity contribution in [3.63, 3.8) is 0 Å². The summed E-state index contributed by atoms with van der Waals surface area (Å²) in [5.74, 6) is -0.602. The van der Waals surface area contributed by atoms with Gasteiger partial charge in [0, 0.05) is 0 Å².